The number of carbonyl (C=O) groups excluding carboxylic acids is 2. The van der Waals surface area contributed by atoms with Crippen LogP contribution in [-0.2, 0) is 9.53 Å². The van der Waals surface area contributed by atoms with Crippen molar-refractivity contribution >= 4 is 40.8 Å². The first-order valence-corrected chi connectivity index (χ1v) is 13.1. The average molecular weight is 654 g/mol. The maximum absolute atomic E-state index is 12.4. The summed E-state index contributed by atoms with van der Waals surface area (Å²) in [6, 6.07) is 7.12. The van der Waals surface area contributed by atoms with Gasteiger partial charge in [-0.15, -0.1) is 0 Å². The third kappa shape index (κ3) is 7.66. The lowest BCUT2D eigenvalue weighted by atomic mass is 9.95. The first-order valence-electron chi connectivity index (χ1n) is 12.1. The van der Waals surface area contributed by atoms with Crippen molar-refractivity contribution in [1.82, 2.24) is 16.1 Å². The van der Waals surface area contributed by atoms with Gasteiger partial charge in [0.1, 0.15) is 6.61 Å². The fourth-order valence-corrected chi connectivity index (χ4v) is 4.38. The summed E-state index contributed by atoms with van der Waals surface area (Å²) in [6.45, 7) is 5.81. The van der Waals surface area contributed by atoms with E-state index in [4.69, 9.17) is 18.9 Å². The molecule has 0 fully saturated rings. The number of aliphatic hydroxyl groups excluding tert-OH is 1. The number of phenolic OH excluding ortho intramolecular Hbond substituents is 1. The Morgan fingerprint density at radius 1 is 1.15 bits per heavy atom. The number of urea groups is 1. The van der Waals surface area contributed by atoms with E-state index in [1.807, 2.05) is 29.5 Å². The van der Waals surface area contributed by atoms with E-state index in [9.17, 15) is 19.8 Å². The van der Waals surface area contributed by atoms with Crippen LogP contribution >= 0.6 is 22.6 Å². The summed E-state index contributed by atoms with van der Waals surface area (Å²) in [5, 5.41) is 29.7. The molecule has 0 unspecified atom stereocenters. The molecule has 2 aromatic rings. The van der Waals surface area contributed by atoms with Crippen LogP contribution in [-0.4, -0.2) is 61.6 Å². The number of aliphatic hydroxyl groups is 1. The van der Waals surface area contributed by atoms with Crippen molar-refractivity contribution in [3.05, 3.63) is 56.3 Å². The number of phenols is 1. The van der Waals surface area contributed by atoms with Crippen LogP contribution < -0.4 is 30.3 Å². The van der Waals surface area contributed by atoms with Gasteiger partial charge in [0.25, 0.3) is 0 Å². The summed E-state index contributed by atoms with van der Waals surface area (Å²) < 4.78 is 22.4. The minimum Gasteiger partial charge on any atom is -0.504 e. The Labute approximate surface area is 239 Å². The predicted molar refractivity (Wildman–Crippen MR) is 151 cm³/mol. The van der Waals surface area contributed by atoms with Gasteiger partial charge in [-0.05, 0) is 78.8 Å². The molecule has 1 heterocycles. The topological polar surface area (TPSA) is 160 Å². The standard InChI is InChI=1S/C26H31IN4O8/c1-5-37-19-11-16(23-22(25(34)36-4)14(3)29-26(35)30-23)7-8-18(19)39-13-21(32)31-28-12-15-9-17(27)24(33)20(10-15)38-6-2/h7-12,21,23,31-33H,5-6,13H2,1-4H3,(H2,29,30,35)/b28-12+/t21-,23-/m0/s1. The molecule has 39 heavy (non-hydrogen) atoms. The van der Waals surface area contributed by atoms with Gasteiger partial charge >= 0.3 is 12.0 Å². The smallest absolute Gasteiger partial charge is 0.337 e. The maximum atomic E-state index is 12.4. The van der Waals surface area contributed by atoms with E-state index in [0.29, 0.717) is 50.9 Å². The number of allylic oxidation sites excluding steroid dienone is 1. The van der Waals surface area contributed by atoms with Crippen LogP contribution in [0.4, 0.5) is 4.79 Å². The zero-order valence-corrected chi connectivity index (χ0v) is 24.1. The summed E-state index contributed by atoms with van der Waals surface area (Å²) in [6.07, 6.45) is 0.327. The van der Waals surface area contributed by atoms with Crippen molar-refractivity contribution in [2.45, 2.75) is 33.0 Å². The molecule has 0 radical (unpaired) electrons. The Morgan fingerprint density at radius 3 is 2.56 bits per heavy atom. The van der Waals surface area contributed by atoms with Crippen molar-refractivity contribution in [2.24, 2.45) is 5.10 Å². The predicted octanol–water partition coefficient (Wildman–Crippen LogP) is 2.92. The number of esters is 1. The number of aromatic hydroxyl groups is 1. The molecule has 0 aromatic heterocycles. The van der Waals surface area contributed by atoms with Crippen LogP contribution in [0.5, 0.6) is 23.0 Å². The monoisotopic (exact) mass is 654 g/mol. The molecule has 0 bridgehead atoms. The fourth-order valence-electron chi connectivity index (χ4n) is 3.75. The summed E-state index contributed by atoms with van der Waals surface area (Å²) in [5.74, 6) is 0.537. The largest absolute Gasteiger partial charge is 0.504 e. The number of amides is 2. The SMILES string of the molecule is CCOc1cc([C@@H]2NC(=O)NC(C)=C2C(=O)OC)ccc1OC[C@H](O)N/N=C/c1cc(I)c(O)c(OCC)c1. The van der Waals surface area contributed by atoms with E-state index in [-0.39, 0.29) is 17.9 Å². The van der Waals surface area contributed by atoms with E-state index >= 15 is 0 Å². The van der Waals surface area contributed by atoms with E-state index in [0.717, 1.165) is 0 Å². The Bertz CT molecular complexity index is 1270. The molecular formula is C26H31IN4O8. The summed E-state index contributed by atoms with van der Waals surface area (Å²) in [7, 11) is 1.27. The first-order chi connectivity index (χ1) is 18.7. The molecule has 0 aliphatic carbocycles. The van der Waals surface area contributed by atoms with Gasteiger partial charge in [0.2, 0.25) is 0 Å². The molecule has 210 valence electrons. The molecule has 5 N–H and O–H groups in total. The highest BCUT2D eigenvalue weighted by Gasteiger charge is 2.32. The van der Waals surface area contributed by atoms with Crippen molar-refractivity contribution in [3.8, 4) is 23.0 Å². The zero-order chi connectivity index (χ0) is 28.5. The molecular weight excluding hydrogens is 623 g/mol. The minimum atomic E-state index is -1.15. The quantitative estimate of drug-likeness (QED) is 0.0763. The number of benzene rings is 2. The van der Waals surface area contributed by atoms with E-state index in [2.05, 4.69) is 21.2 Å². The second kappa shape index (κ2) is 13.9. The molecule has 2 amide bonds. The lowest BCUT2D eigenvalue weighted by Crippen LogP contribution is -2.45. The van der Waals surface area contributed by atoms with Gasteiger partial charge in [0.15, 0.2) is 29.2 Å². The van der Waals surface area contributed by atoms with Gasteiger partial charge < -0.3 is 39.8 Å². The highest BCUT2D eigenvalue weighted by molar-refractivity contribution is 14.1. The van der Waals surface area contributed by atoms with Crippen LogP contribution in [0.25, 0.3) is 0 Å². The number of hydrogen-bond donors (Lipinski definition) is 5. The number of methoxy groups -OCH3 is 1. The Morgan fingerprint density at radius 2 is 1.87 bits per heavy atom. The first kappa shape index (κ1) is 29.8. The lowest BCUT2D eigenvalue weighted by Gasteiger charge is -2.28. The molecule has 12 nitrogen and oxygen atoms in total. The van der Waals surface area contributed by atoms with Crippen molar-refractivity contribution in [2.75, 3.05) is 26.9 Å². The van der Waals surface area contributed by atoms with Gasteiger partial charge in [-0.25, -0.2) is 9.59 Å². The number of hydrazone groups is 1. The second-order valence-corrected chi connectivity index (χ2v) is 9.36. The highest BCUT2D eigenvalue weighted by Crippen LogP contribution is 2.35. The Kier molecular flexibility index (Phi) is 10.6. The van der Waals surface area contributed by atoms with Gasteiger partial charge in [-0.1, -0.05) is 6.07 Å². The van der Waals surface area contributed by atoms with Crippen LogP contribution in [0.2, 0.25) is 0 Å². The normalized spacial score (nSPS) is 15.8. The molecule has 3 rings (SSSR count). The molecule has 2 aromatic carbocycles. The van der Waals surface area contributed by atoms with Gasteiger partial charge in [-0.3, -0.25) is 5.43 Å². The molecule has 1 aliphatic heterocycles. The molecule has 0 spiro atoms. The fraction of sp³-hybridized carbons (Fsp3) is 0.346. The second-order valence-electron chi connectivity index (χ2n) is 8.20. The average Bonchev–Trinajstić information content (AvgIpc) is 2.90. The third-order valence-electron chi connectivity index (χ3n) is 5.46. The van der Waals surface area contributed by atoms with E-state index in [1.54, 1.807) is 44.2 Å². The van der Waals surface area contributed by atoms with Crippen molar-refractivity contribution < 1.29 is 38.7 Å². The van der Waals surface area contributed by atoms with E-state index in [1.165, 1.54) is 13.3 Å². The number of nitrogens with zero attached hydrogens (tertiary/aromatic N) is 1. The molecule has 0 saturated heterocycles. The number of carbonyl (C=O) groups is 2. The molecule has 2 atom stereocenters. The third-order valence-corrected chi connectivity index (χ3v) is 6.28. The minimum absolute atomic E-state index is 0.0577. The van der Waals surface area contributed by atoms with Crippen LogP contribution in [0.3, 0.4) is 0 Å². The van der Waals surface area contributed by atoms with Gasteiger partial charge in [-0.2, -0.15) is 5.10 Å². The highest BCUT2D eigenvalue weighted by atomic mass is 127. The van der Waals surface area contributed by atoms with Crippen LogP contribution in [0.15, 0.2) is 46.7 Å². The molecule has 1 aliphatic rings. The Hall–Kier alpha value is -3.72. The number of halogens is 1. The number of ether oxygens (including phenoxy) is 4. The number of rotatable bonds is 12. The maximum Gasteiger partial charge on any atom is 0.337 e. The summed E-state index contributed by atoms with van der Waals surface area (Å²) >= 11 is 1.99. The molecule has 13 heteroatoms. The number of nitrogens with one attached hydrogen (secondary N) is 3. The van der Waals surface area contributed by atoms with Crippen molar-refractivity contribution in [3.63, 3.8) is 0 Å². The van der Waals surface area contributed by atoms with E-state index < -0.39 is 24.3 Å². The molecule has 0 saturated carbocycles. The number of hydrogen-bond acceptors (Lipinski definition) is 10. The van der Waals surface area contributed by atoms with Crippen LogP contribution in [0, 0.1) is 3.57 Å². The Balaban J connectivity index is 1.70. The lowest BCUT2D eigenvalue weighted by molar-refractivity contribution is -0.136. The van der Waals surface area contributed by atoms with Crippen molar-refractivity contribution in [1.29, 1.82) is 0 Å². The zero-order valence-electron chi connectivity index (χ0n) is 21.9. The van der Waals surface area contributed by atoms with Gasteiger partial charge in [0.05, 0.1) is 41.7 Å². The van der Waals surface area contributed by atoms with Gasteiger partial charge in [0, 0.05) is 5.70 Å². The summed E-state index contributed by atoms with van der Waals surface area (Å²) in [5.41, 5.74) is 4.48. The summed E-state index contributed by atoms with van der Waals surface area (Å²) in [4.78, 5) is 24.5. The van der Waals surface area contributed by atoms with Crippen LogP contribution in [0.1, 0.15) is 37.9 Å².